The smallest absolute Gasteiger partial charge is 0.0701 e. The third kappa shape index (κ3) is 20.0. The molecule has 0 amide bonds. The summed E-state index contributed by atoms with van der Waals surface area (Å²) in [5, 5.41) is 6.66. The van der Waals surface area contributed by atoms with Crippen LogP contribution in [-0.4, -0.2) is 83.2 Å². The third-order valence-corrected chi connectivity index (χ3v) is 3.80. The Kier molecular flexibility index (Phi) is 17.4. The van der Waals surface area contributed by atoms with Crippen molar-refractivity contribution in [3.8, 4) is 0 Å². The molecule has 0 aromatic rings. The lowest BCUT2D eigenvalue weighted by molar-refractivity contribution is 0.0156. The minimum atomic E-state index is 0.314. The van der Waals surface area contributed by atoms with E-state index in [9.17, 15) is 0 Å². The van der Waals surface area contributed by atoms with Gasteiger partial charge in [-0.3, -0.25) is 0 Å². The lowest BCUT2D eigenvalue weighted by atomic mass is 10.4. The summed E-state index contributed by atoms with van der Waals surface area (Å²) in [5.74, 6) is 5.20. The Labute approximate surface area is 139 Å². The van der Waals surface area contributed by atoms with Crippen molar-refractivity contribution in [1.82, 2.24) is 10.6 Å². The fraction of sp³-hybridized carbons (Fsp3) is 0.938. The van der Waals surface area contributed by atoms with E-state index in [1.165, 1.54) is 12.2 Å². The summed E-state index contributed by atoms with van der Waals surface area (Å²) in [6, 6.07) is 0.513. The van der Waals surface area contributed by atoms with Crippen molar-refractivity contribution in [2.45, 2.75) is 26.3 Å². The Balaban J connectivity index is 2.98. The van der Waals surface area contributed by atoms with Crippen LogP contribution in [0.25, 0.3) is 0 Å². The summed E-state index contributed by atoms with van der Waals surface area (Å²) in [6.45, 7) is 11.1. The summed E-state index contributed by atoms with van der Waals surface area (Å²) in [7, 11) is 0.314. The fourth-order valence-electron chi connectivity index (χ4n) is 1.67. The molecular formula is C16H36N2O3S. The molecule has 0 aromatic heterocycles. The van der Waals surface area contributed by atoms with Crippen LogP contribution in [0, 0.1) is 0 Å². The van der Waals surface area contributed by atoms with Crippen LogP contribution in [0.5, 0.6) is 0 Å². The Morgan fingerprint density at radius 1 is 0.864 bits per heavy atom. The first-order valence-electron chi connectivity index (χ1n) is 8.22. The fourth-order valence-corrected chi connectivity index (χ4v) is 2.31. The second-order valence-corrected chi connectivity index (χ2v) is 7.51. The molecule has 6 heteroatoms. The topological polar surface area (TPSA) is 51.8 Å². The molecule has 1 unspecified atom stereocenters. The van der Waals surface area contributed by atoms with Crippen LogP contribution in [0.1, 0.15) is 20.3 Å². The summed E-state index contributed by atoms with van der Waals surface area (Å²) in [5.41, 5.74) is 0. The predicted octanol–water partition coefficient (Wildman–Crippen LogP) is 1.34. The van der Waals surface area contributed by atoms with Crippen molar-refractivity contribution in [1.29, 1.82) is 0 Å². The molecular weight excluding hydrogens is 300 g/mol. The van der Waals surface area contributed by atoms with Crippen LogP contribution in [-0.2, 0) is 14.2 Å². The van der Waals surface area contributed by atoms with Crippen LogP contribution in [0.4, 0.5) is 0 Å². The number of hydrogen-bond acceptors (Lipinski definition) is 5. The maximum Gasteiger partial charge on any atom is 0.0701 e. The van der Waals surface area contributed by atoms with Crippen LogP contribution in [0.3, 0.4) is 0 Å². The zero-order chi connectivity index (χ0) is 16.5. The largest absolute Gasteiger partial charge is 0.378 e. The average Bonchev–Trinajstić information content (AvgIpc) is 2.46. The highest BCUT2D eigenvalue weighted by molar-refractivity contribution is 8.13. The Morgan fingerprint density at radius 3 is 1.95 bits per heavy atom. The van der Waals surface area contributed by atoms with Gasteiger partial charge in [0.15, 0.2) is 0 Å². The van der Waals surface area contributed by atoms with Gasteiger partial charge in [0.05, 0.1) is 39.6 Å². The standard InChI is InChI=1S/C16H36N2O3S/c1-16(2)18-8-10-20-12-14-21-13-11-19-9-7-17-6-5-15-22(3)4/h16-18H,3,5-15H2,1-2,4H3. The van der Waals surface area contributed by atoms with Crippen molar-refractivity contribution in [3.63, 3.8) is 0 Å². The lowest BCUT2D eigenvalue weighted by Gasteiger charge is -2.09. The highest BCUT2D eigenvalue weighted by Crippen LogP contribution is 2.02. The van der Waals surface area contributed by atoms with Gasteiger partial charge in [0, 0.05) is 19.1 Å². The first-order chi connectivity index (χ1) is 10.6. The van der Waals surface area contributed by atoms with E-state index < -0.39 is 0 Å². The van der Waals surface area contributed by atoms with E-state index in [0.29, 0.717) is 43.0 Å². The summed E-state index contributed by atoms with van der Waals surface area (Å²) >= 11 is 0. The molecule has 1 atom stereocenters. The van der Waals surface area contributed by atoms with E-state index in [4.69, 9.17) is 14.2 Å². The zero-order valence-corrected chi connectivity index (χ0v) is 15.5. The van der Waals surface area contributed by atoms with E-state index in [-0.39, 0.29) is 0 Å². The first-order valence-corrected chi connectivity index (χ1v) is 10.2. The van der Waals surface area contributed by atoms with Crippen molar-refractivity contribution >= 4 is 16.4 Å². The quantitative estimate of drug-likeness (QED) is 0.310. The van der Waals surface area contributed by atoms with Gasteiger partial charge in [0.25, 0.3) is 0 Å². The Hall–Kier alpha value is 0.0200. The maximum absolute atomic E-state index is 5.48. The van der Waals surface area contributed by atoms with Crippen LogP contribution >= 0.6 is 10.5 Å². The summed E-state index contributed by atoms with van der Waals surface area (Å²) in [4.78, 5) is 0. The molecule has 5 nitrogen and oxygen atoms in total. The van der Waals surface area contributed by atoms with Crippen molar-refractivity contribution in [2.24, 2.45) is 0 Å². The van der Waals surface area contributed by atoms with E-state index in [1.54, 1.807) is 0 Å². The molecule has 22 heavy (non-hydrogen) atoms. The SMILES string of the molecule is C=S(C)CCCNCCOCCOCCOCCNC(C)C. The molecule has 0 aromatic carbocycles. The summed E-state index contributed by atoms with van der Waals surface area (Å²) in [6.07, 6.45) is 3.37. The van der Waals surface area contributed by atoms with Gasteiger partial charge in [-0.2, -0.15) is 10.5 Å². The number of nitrogens with one attached hydrogen (secondary N) is 2. The van der Waals surface area contributed by atoms with Gasteiger partial charge < -0.3 is 24.8 Å². The second-order valence-electron chi connectivity index (χ2n) is 5.54. The number of rotatable bonds is 17. The molecule has 0 aliphatic rings. The van der Waals surface area contributed by atoms with Gasteiger partial charge >= 0.3 is 0 Å². The average molecular weight is 337 g/mol. The first kappa shape index (κ1) is 22.0. The van der Waals surface area contributed by atoms with Gasteiger partial charge in [0.2, 0.25) is 0 Å². The summed E-state index contributed by atoms with van der Waals surface area (Å²) < 4.78 is 16.4. The third-order valence-electron chi connectivity index (χ3n) is 2.81. The van der Waals surface area contributed by atoms with Crippen LogP contribution in [0.15, 0.2) is 0 Å². The predicted molar refractivity (Wildman–Crippen MR) is 98.6 cm³/mol. The number of ether oxygens (including phenoxy) is 3. The van der Waals surface area contributed by atoms with Gasteiger partial charge in [-0.1, -0.05) is 19.7 Å². The van der Waals surface area contributed by atoms with Gasteiger partial charge in [-0.15, -0.1) is 0 Å². The minimum absolute atomic E-state index is 0.314. The van der Waals surface area contributed by atoms with Crippen LogP contribution < -0.4 is 10.6 Å². The Morgan fingerprint density at radius 2 is 1.41 bits per heavy atom. The molecule has 2 N–H and O–H groups in total. The molecule has 0 radical (unpaired) electrons. The molecule has 0 heterocycles. The van der Waals surface area contributed by atoms with E-state index in [0.717, 1.165) is 32.8 Å². The monoisotopic (exact) mass is 336 g/mol. The van der Waals surface area contributed by atoms with E-state index >= 15 is 0 Å². The molecule has 0 saturated carbocycles. The number of hydrogen-bond donors (Lipinski definition) is 2. The van der Waals surface area contributed by atoms with Gasteiger partial charge in [-0.05, 0) is 25.0 Å². The highest BCUT2D eigenvalue weighted by Gasteiger charge is 1.94. The normalized spacial score (nSPS) is 12.9. The highest BCUT2D eigenvalue weighted by atomic mass is 32.2. The van der Waals surface area contributed by atoms with E-state index in [2.05, 4.69) is 36.6 Å². The molecule has 0 aliphatic carbocycles. The molecule has 134 valence electrons. The van der Waals surface area contributed by atoms with Crippen molar-refractivity contribution in [3.05, 3.63) is 0 Å². The molecule has 0 fully saturated rings. The zero-order valence-electron chi connectivity index (χ0n) is 14.7. The Bertz CT molecular complexity index is 254. The van der Waals surface area contributed by atoms with Gasteiger partial charge in [-0.25, -0.2) is 0 Å². The van der Waals surface area contributed by atoms with Gasteiger partial charge in [0.1, 0.15) is 0 Å². The van der Waals surface area contributed by atoms with Crippen molar-refractivity contribution < 1.29 is 14.2 Å². The molecule has 0 saturated heterocycles. The second kappa shape index (κ2) is 17.4. The minimum Gasteiger partial charge on any atom is -0.378 e. The molecule has 0 aliphatic heterocycles. The lowest BCUT2D eigenvalue weighted by Crippen LogP contribution is -2.27. The molecule has 0 rings (SSSR count). The maximum atomic E-state index is 5.48. The van der Waals surface area contributed by atoms with Crippen LogP contribution in [0.2, 0.25) is 0 Å². The molecule has 0 spiro atoms. The molecule has 0 bridgehead atoms. The van der Waals surface area contributed by atoms with E-state index in [1.807, 2.05) is 0 Å². The van der Waals surface area contributed by atoms with Crippen molar-refractivity contribution in [2.75, 3.05) is 71.3 Å².